The number of nitrogens with zero attached hydrogens (tertiary/aromatic N) is 4. The van der Waals surface area contributed by atoms with Crippen molar-refractivity contribution in [2.75, 3.05) is 25.1 Å². The van der Waals surface area contributed by atoms with Crippen LogP contribution < -0.4 is 16.0 Å². The monoisotopic (exact) mass is 504 g/mol. The van der Waals surface area contributed by atoms with Gasteiger partial charge >= 0.3 is 5.97 Å². The lowest BCUT2D eigenvalue weighted by atomic mass is 9.98. The minimum absolute atomic E-state index is 0.0848. The summed E-state index contributed by atoms with van der Waals surface area (Å²) in [6.45, 7) is 6.80. The first kappa shape index (κ1) is 25.9. The van der Waals surface area contributed by atoms with Gasteiger partial charge in [-0.05, 0) is 65.7 Å². The van der Waals surface area contributed by atoms with Gasteiger partial charge in [-0.15, -0.1) is 0 Å². The van der Waals surface area contributed by atoms with Crippen molar-refractivity contribution >= 4 is 40.2 Å². The van der Waals surface area contributed by atoms with Gasteiger partial charge in [0, 0.05) is 18.2 Å². The number of ether oxygens (including phenoxy) is 1. The van der Waals surface area contributed by atoms with Crippen LogP contribution in [0.2, 0.25) is 0 Å². The molecule has 3 aromatic rings. The van der Waals surface area contributed by atoms with E-state index in [1.54, 1.807) is 36.4 Å². The highest BCUT2D eigenvalue weighted by Crippen LogP contribution is 2.34. The van der Waals surface area contributed by atoms with E-state index in [1.807, 2.05) is 18.0 Å². The number of guanidine groups is 1. The minimum atomic E-state index is -0.372. The molecule has 0 bridgehead atoms. The van der Waals surface area contributed by atoms with E-state index in [9.17, 15) is 9.59 Å². The summed E-state index contributed by atoms with van der Waals surface area (Å²) in [6, 6.07) is 12.2. The van der Waals surface area contributed by atoms with Crippen LogP contribution in [0.15, 0.2) is 64.2 Å². The normalized spacial score (nSPS) is 17.5. The van der Waals surface area contributed by atoms with Crippen molar-refractivity contribution in [2.45, 2.75) is 32.6 Å². The highest BCUT2D eigenvalue weighted by atomic mass is 16.6. The Bertz CT molecular complexity index is 1300. The number of carbonyl (C=O) groups is 2. The predicted octanol–water partition coefficient (Wildman–Crippen LogP) is 3.96. The Hall–Kier alpha value is -4.21. The number of aliphatic imine (C=N–C) groups is 1. The fourth-order valence-corrected chi connectivity index (χ4v) is 4.61. The van der Waals surface area contributed by atoms with E-state index >= 15 is 0 Å². The Labute approximate surface area is 215 Å². The molecule has 10 heteroatoms. The molecule has 2 aromatic carbocycles. The van der Waals surface area contributed by atoms with Crippen molar-refractivity contribution in [3.05, 3.63) is 60.2 Å². The summed E-state index contributed by atoms with van der Waals surface area (Å²) in [5, 5.41) is 10.5. The van der Waals surface area contributed by atoms with Crippen molar-refractivity contribution in [3.63, 3.8) is 0 Å². The number of aromatic nitrogens is 2. The molecule has 1 aliphatic carbocycles. The maximum absolute atomic E-state index is 12.4. The zero-order valence-electron chi connectivity index (χ0n) is 21.1. The van der Waals surface area contributed by atoms with Gasteiger partial charge in [0.2, 0.25) is 5.96 Å². The number of likely N-dealkylation sites (N-methyl/N-ethyl adjacent to an activating group) is 1. The molecule has 1 fully saturated rings. The molecule has 0 spiro atoms. The molecule has 1 aliphatic rings. The largest absolute Gasteiger partial charge is 0.460 e. The molecule has 1 aromatic heterocycles. The Morgan fingerprint density at radius 3 is 2.68 bits per heavy atom. The molecule has 0 radical (unpaired) electrons. The summed E-state index contributed by atoms with van der Waals surface area (Å²) in [4.78, 5) is 30.9. The van der Waals surface area contributed by atoms with E-state index in [-0.39, 0.29) is 24.4 Å². The average Bonchev–Trinajstić information content (AvgIpc) is 3.54. The number of hydrogen-bond acceptors (Lipinski definition) is 8. The topological polar surface area (TPSA) is 136 Å². The first-order valence-corrected chi connectivity index (χ1v) is 12.3. The number of hydrogen-bond donors (Lipinski definition) is 2. The van der Waals surface area contributed by atoms with E-state index in [4.69, 9.17) is 15.1 Å². The zero-order chi connectivity index (χ0) is 26.4. The third-order valence-corrected chi connectivity index (χ3v) is 6.59. The van der Waals surface area contributed by atoms with Crippen molar-refractivity contribution < 1.29 is 19.0 Å². The number of nitrogens with two attached hydrogens (primary N) is 1. The second kappa shape index (κ2) is 11.7. The lowest BCUT2D eigenvalue weighted by Gasteiger charge is -2.19. The zero-order valence-corrected chi connectivity index (χ0v) is 21.1. The highest BCUT2D eigenvalue weighted by Gasteiger charge is 2.24. The molecule has 3 N–H and O–H groups in total. The number of benzene rings is 2. The Morgan fingerprint density at radius 2 is 1.95 bits per heavy atom. The van der Waals surface area contributed by atoms with E-state index in [2.05, 4.69) is 34.1 Å². The van der Waals surface area contributed by atoms with Gasteiger partial charge in [-0.1, -0.05) is 38.1 Å². The molecule has 0 saturated heterocycles. The molecular weight excluding hydrogens is 472 g/mol. The van der Waals surface area contributed by atoms with Gasteiger partial charge in [-0.2, -0.15) is 0 Å². The van der Waals surface area contributed by atoms with Gasteiger partial charge in [0.15, 0.2) is 11.0 Å². The molecule has 1 heterocycles. The van der Waals surface area contributed by atoms with Gasteiger partial charge < -0.3 is 15.4 Å². The maximum atomic E-state index is 12.4. The Balaban J connectivity index is 1.35. The summed E-state index contributed by atoms with van der Waals surface area (Å²) >= 11 is 0. The number of amides is 1. The van der Waals surface area contributed by atoms with E-state index in [1.165, 1.54) is 6.42 Å². The van der Waals surface area contributed by atoms with Crippen LogP contribution in [0.25, 0.3) is 11.0 Å². The van der Waals surface area contributed by atoms with Crippen LogP contribution in [0, 0.1) is 11.8 Å². The molecule has 2 atom stereocenters. The van der Waals surface area contributed by atoms with E-state index in [0.29, 0.717) is 52.7 Å². The molecule has 194 valence electrons. The number of fused-ring (bicyclic) bond motifs is 1. The van der Waals surface area contributed by atoms with Crippen LogP contribution in [0.4, 0.5) is 11.4 Å². The predicted molar refractivity (Wildman–Crippen MR) is 141 cm³/mol. The number of nitrogens with one attached hydrogen (secondary N) is 1. The SMILES string of the molecule is C=C(CC1CCC(C)C1)C(=O)OCCN(C)c1ccc(N=C(N)NC(=O)c2ccccc2)c2nonc12. The number of esters is 1. The van der Waals surface area contributed by atoms with Crippen LogP contribution in [-0.4, -0.2) is 48.3 Å². The average molecular weight is 505 g/mol. The van der Waals surface area contributed by atoms with Crippen molar-refractivity contribution in [1.29, 1.82) is 0 Å². The lowest BCUT2D eigenvalue weighted by Crippen LogP contribution is -2.36. The van der Waals surface area contributed by atoms with Gasteiger partial charge in [0.25, 0.3) is 5.91 Å². The van der Waals surface area contributed by atoms with Crippen molar-refractivity contribution in [2.24, 2.45) is 22.6 Å². The Kier molecular flexibility index (Phi) is 8.17. The van der Waals surface area contributed by atoms with Crippen LogP contribution in [-0.2, 0) is 9.53 Å². The molecule has 0 aliphatic heterocycles. The summed E-state index contributed by atoms with van der Waals surface area (Å²) < 4.78 is 10.4. The quantitative estimate of drug-likeness (QED) is 0.193. The Morgan fingerprint density at radius 1 is 1.19 bits per heavy atom. The number of rotatable bonds is 9. The molecule has 2 unspecified atom stereocenters. The second-order valence-electron chi connectivity index (χ2n) is 9.53. The first-order chi connectivity index (χ1) is 17.8. The summed E-state index contributed by atoms with van der Waals surface area (Å²) in [5.74, 6) is 0.430. The fraction of sp³-hybridized carbons (Fsp3) is 0.370. The third kappa shape index (κ3) is 6.52. The number of carbonyl (C=O) groups excluding carboxylic acids is 2. The van der Waals surface area contributed by atoms with Crippen molar-refractivity contribution in [1.82, 2.24) is 15.6 Å². The molecule has 37 heavy (non-hydrogen) atoms. The van der Waals surface area contributed by atoms with Crippen LogP contribution in [0.3, 0.4) is 0 Å². The van der Waals surface area contributed by atoms with E-state index in [0.717, 1.165) is 18.5 Å². The number of anilines is 1. The van der Waals surface area contributed by atoms with Gasteiger partial charge in [-0.3, -0.25) is 10.1 Å². The smallest absolute Gasteiger partial charge is 0.333 e. The standard InChI is InChI=1S/C27H32N6O4/c1-17-9-10-19(15-17)16-18(2)26(35)36-14-13-33(3)22-12-11-21(23-24(22)32-37-31-23)29-27(28)30-25(34)20-7-5-4-6-8-20/h4-8,11-12,17,19H,2,9-10,13-16H2,1,3H3,(H3,28,29,30,34). The molecule has 1 saturated carbocycles. The first-order valence-electron chi connectivity index (χ1n) is 12.3. The van der Waals surface area contributed by atoms with Crippen LogP contribution in [0.1, 0.15) is 43.0 Å². The summed E-state index contributed by atoms with van der Waals surface area (Å²) in [6.07, 6.45) is 4.19. The van der Waals surface area contributed by atoms with E-state index < -0.39 is 0 Å². The van der Waals surface area contributed by atoms with Gasteiger partial charge in [-0.25, -0.2) is 14.4 Å². The van der Waals surface area contributed by atoms with Crippen molar-refractivity contribution in [3.8, 4) is 0 Å². The van der Waals surface area contributed by atoms with Gasteiger partial charge in [0.05, 0.1) is 17.9 Å². The van der Waals surface area contributed by atoms with Crippen LogP contribution in [0.5, 0.6) is 0 Å². The molecule has 1 amide bonds. The maximum Gasteiger partial charge on any atom is 0.333 e. The highest BCUT2D eigenvalue weighted by molar-refractivity contribution is 6.06. The van der Waals surface area contributed by atoms with Crippen LogP contribution >= 0.6 is 0 Å². The molecule has 4 rings (SSSR count). The molecule has 10 nitrogen and oxygen atoms in total. The minimum Gasteiger partial charge on any atom is -0.460 e. The third-order valence-electron chi connectivity index (χ3n) is 6.59. The van der Waals surface area contributed by atoms with Gasteiger partial charge in [0.1, 0.15) is 6.61 Å². The summed E-state index contributed by atoms with van der Waals surface area (Å²) in [7, 11) is 1.85. The second-order valence-corrected chi connectivity index (χ2v) is 9.53. The summed E-state index contributed by atoms with van der Waals surface area (Å²) in [5.41, 5.74) is 8.91. The molecular formula is C27H32N6O4. The lowest BCUT2D eigenvalue weighted by molar-refractivity contribution is -0.139. The fourth-order valence-electron chi connectivity index (χ4n) is 4.61.